The van der Waals surface area contributed by atoms with E-state index in [1.807, 2.05) is 10.3 Å². The molecule has 28 heavy (non-hydrogen) atoms. The Labute approximate surface area is 158 Å². The highest BCUT2D eigenvalue weighted by molar-refractivity contribution is 6.02. The van der Waals surface area contributed by atoms with Gasteiger partial charge in [0.2, 0.25) is 0 Å². The van der Waals surface area contributed by atoms with Gasteiger partial charge in [0.15, 0.2) is 12.0 Å². The van der Waals surface area contributed by atoms with Crippen molar-refractivity contribution in [3.05, 3.63) is 32.6 Å². The highest BCUT2D eigenvalue weighted by Gasteiger charge is 2.51. The molecule has 2 amide bonds. The van der Waals surface area contributed by atoms with Crippen LogP contribution in [0.25, 0.3) is 0 Å². The van der Waals surface area contributed by atoms with Gasteiger partial charge in [0.1, 0.15) is 23.9 Å². The van der Waals surface area contributed by atoms with E-state index in [1.54, 1.807) is 20.8 Å². The number of aliphatic hydroxyl groups is 1. The Kier molecular flexibility index (Phi) is 5.39. The molecule has 2 saturated heterocycles. The second-order valence-electron chi connectivity index (χ2n) is 6.73. The molecule has 12 heteroatoms. The summed E-state index contributed by atoms with van der Waals surface area (Å²) in [4.78, 5) is 49.7. The van der Waals surface area contributed by atoms with Gasteiger partial charge in [0.25, 0.3) is 11.5 Å². The summed E-state index contributed by atoms with van der Waals surface area (Å²) in [5.74, 6) is -2.01. The number of rotatable bonds is 3. The summed E-state index contributed by atoms with van der Waals surface area (Å²) < 4.78 is 22.2. The molecule has 1 aromatic rings. The summed E-state index contributed by atoms with van der Waals surface area (Å²) >= 11 is 0. The molecule has 154 valence electrons. The van der Waals surface area contributed by atoms with Crippen LogP contribution in [0.1, 0.15) is 37.4 Å². The van der Waals surface area contributed by atoms with E-state index >= 15 is 0 Å². The molecule has 0 spiro atoms. The molecule has 4 atom stereocenters. The van der Waals surface area contributed by atoms with Crippen LogP contribution in [0.15, 0.2) is 15.8 Å². The minimum absolute atomic E-state index is 0.0261. The van der Waals surface area contributed by atoms with Crippen LogP contribution in [0.4, 0.5) is 4.79 Å². The first-order valence-electron chi connectivity index (χ1n) is 8.62. The van der Waals surface area contributed by atoms with E-state index in [9.17, 15) is 24.3 Å². The molecule has 3 rings (SSSR count). The minimum Gasteiger partial charge on any atom is -0.450 e. The van der Waals surface area contributed by atoms with Crippen molar-refractivity contribution in [2.75, 3.05) is 13.2 Å². The lowest BCUT2D eigenvalue weighted by atomic mass is 10.1. The van der Waals surface area contributed by atoms with Crippen LogP contribution in [0.5, 0.6) is 0 Å². The van der Waals surface area contributed by atoms with E-state index in [0.717, 1.165) is 10.8 Å². The smallest absolute Gasteiger partial charge is 0.414 e. The highest BCUT2D eigenvalue weighted by atomic mass is 16.7. The van der Waals surface area contributed by atoms with Gasteiger partial charge in [-0.15, -0.1) is 0 Å². The highest BCUT2D eigenvalue weighted by Crippen LogP contribution is 2.36. The van der Waals surface area contributed by atoms with E-state index in [1.165, 1.54) is 0 Å². The van der Waals surface area contributed by atoms with Crippen LogP contribution < -0.4 is 16.6 Å². The zero-order valence-corrected chi connectivity index (χ0v) is 15.5. The number of alkyl carbamates (subject to hydrolysis) is 1. The number of nitrogens with one attached hydrogen (secondary N) is 2. The summed E-state index contributed by atoms with van der Waals surface area (Å²) in [6, 6.07) is 0. The third-order valence-electron chi connectivity index (χ3n) is 4.30. The number of fused-ring (bicyclic) bond motifs is 1. The standard InChI is InChI=1S/C16H21N3O9/c1-4-25-15(24)18-12(22)7-5-19(14(23)17-11(7)21)13-9(20)10-8(27-13)6-26-16(2,3)28-10/h5,8-10,13,20H,4,6H2,1-3H3,(H,17,21,23)(H,18,22,24). The summed E-state index contributed by atoms with van der Waals surface area (Å²) in [6.07, 6.45) is -4.05. The van der Waals surface area contributed by atoms with Crippen molar-refractivity contribution in [3.8, 4) is 0 Å². The van der Waals surface area contributed by atoms with Gasteiger partial charge in [0, 0.05) is 6.20 Å². The van der Waals surface area contributed by atoms with Crippen LogP contribution in [0, 0.1) is 0 Å². The van der Waals surface area contributed by atoms with E-state index in [-0.39, 0.29) is 13.2 Å². The number of hydrogen-bond acceptors (Lipinski definition) is 9. The van der Waals surface area contributed by atoms with Gasteiger partial charge in [-0.05, 0) is 20.8 Å². The number of carbonyl (C=O) groups is 2. The number of aliphatic hydroxyl groups excluding tert-OH is 1. The fourth-order valence-corrected chi connectivity index (χ4v) is 3.04. The first kappa shape index (κ1) is 20.2. The van der Waals surface area contributed by atoms with Crippen molar-refractivity contribution in [2.24, 2.45) is 0 Å². The molecule has 2 aliphatic rings. The molecule has 0 aliphatic carbocycles. The van der Waals surface area contributed by atoms with E-state index in [0.29, 0.717) is 0 Å². The maximum absolute atomic E-state index is 12.2. The van der Waals surface area contributed by atoms with Gasteiger partial charge in [-0.1, -0.05) is 0 Å². The maximum Gasteiger partial charge on any atom is 0.414 e. The Morgan fingerprint density at radius 1 is 1.43 bits per heavy atom. The molecular formula is C16H21N3O9. The average Bonchev–Trinajstić information content (AvgIpc) is 2.90. The van der Waals surface area contributed by atoms with E-state index in [4.69, 9.17) is 14.2 Å². The third-order valence-corrected chi connectivity index (χ3v) is 4.30. The average molecular weight is 399 g/mol. The third kappa shape index (κ3) is 3.85. The Morgan fingerprint density at radius 2 is 2.14 bits per heavy atom. The lowest BCUT2D eigenvalue weighted by molar-refractivity contribution is -0.300. The van der Waals surface area contributed by atoms with Crippen LogP contribution >= 0.6 is 0 Å². The number of carbonyl (C=O) groups excluding carboxylic acids is 2. The van der Waals surface area contributed by atoms with Crippen LogP contribution in [0.3, 0.4) is 0 Å². The Morgan fingerprint density at radius 3 is 2.82 bits per heavy atom. The van der Waals surface area contributed by atoms with Gasteiger partial charge in [-0.2, -0.15) is 0 Å². The topological polar surface area (TPSA) is 158 Å². The van der Waals surface area contributed by atoms with Gasteiger partial charge in [0.05, 0.1) is 13.2 Å². The van der Waals surface area contributed by atoms with Crippen LogP contribution in [-0.2, 0) is 18.9 Å². The lowest BCUT2D eigenvalue weighted by Crippen LogP contribution is -2.50. The van der Waals surface area contributed by atoms with E-state index < -0.39 is 59.1 Å². The van der Waals surface area contributed by atoms with Gasteiger partial charge in [-0.3, -0.25) is 24.5 Å². The monoisotopic (exact) mass is 399 g/mol. The number of aromatic amines is 1. The lowest BCUT2D eigenvalue weighted by Gasteiger charge is -2.37. The molecule has 2 aliphatic heterocycles. The predicted octanol–water partition coefficient (Wildman–Crippen LogP) is -1.17. The van der Waals surface area contributed by atoms with Crippen LogP contribution in [-0.4, -0.2) is 64.0 Å². The molecule has 0 saturated carbocycles. The Hall–Kier alpha value is -2.54. The second kappa shape index (κ2) is 7.47. The van der Waals surface area contributed by atoms with Gasteiger partial charge in [-0.25, -0.2) is 9.59 Å². The molecule has 0 aromatic carbocycles. The number of nitrogens with zero attached hydrogens (tertiary/aromatic N) is 1. The predicted molar refractivity (Wildman–Crippen MR) is 90.6 cm³/mol. The fourth-order valence-electron chi connectivity index (χ4n) is 3.04. The van der Waals surface area contributed by atoms with Crippen LogP contribution in [0.2, 0.25) is 0 Å². The second-order valence-corrected chi connectivity index (χ2v) is 6.73. The fraction of sp³-hybridized carbons (Fsp3) is 0.625. The molecular weight excluding hydrogens is 378 g/mol. The number of hydrogen-bond donors (Lipinski definition) is 3. The van der Waals surface area contributed by atoms with Crippen molar-refractivity contribution in [2.45, 2.75) is 51.1 Å². The Balaban J connectivity index is 1.89. The molecule has 0 bridgehead atoms. The van der Waals surface area contributed by atoms with Crippen molar-refractivity contribution < 1.29 is 33.6 Å². The first-order valence-corrected chi connectivity index (χ1v) is 8.62. The minimum atomic E-state index is -1.27. The molecule has 1 aromatic heterocycles. The van der Waals surface area contributed by atoms with Crippen molar-refractivity contribution in [1.29, 1.82) is 0 Å². The zero-order chi connectivity index (χ0) is 20.6. The van der Waals surface area contributed by atoms with Crippen molar-refractivity contribution >= 4 is 12.0 Å². The summed E-state index contributed by atoms with van der Waals surface area (Å²) in [7, 11) is 0. The first-order chi connectivity index (χ1) is 13.1. The number of imide groups is 1. The summed E-state index contributed by atoms with van der Waals surface area (Å²) in [6.45, 7) is 5.04. The number of H-pyrrole nitrogens is 1. The molecule has 3 N–H and O–H groups in total. The van der Waals surface area contributed by atoms with Crippen molar-refractivity contribution in [3.63, 3.8) is 0 Å². The van der Waals surface area contributed by atoms with Gasteiger partial charge < -0.3 is 24.1 Å². The van der Waals surface area contributed by atoms with Crippen molar-refractivity contribution in [1.82, 2.24) is 14.9 Å². The summed E-state index contributed by atoms with van der Waals surface area (Å²) in [5, 5.41) is 12.4. The molecule has 12 nitrogen and oxygen atoms in total. The molecule has 2 fully saturated rings. The largest absolute Gasteiger partial charge is 0.450 e. The van der Waals surface area contributed by atoms with Gasteiger partial charge >= 0.3 is 11.8 Å². The molecule has 3 heterocycles. The normalized spacial score (nSPS) is 28.4. The summed E-state index contributed by atoms with van der Waals surface area (Å²) in [5.41, 5.74) is -2.44. The molecule has 0 radical (unpaired) electrons. The Bertz CT molecular complexity index is 890. The van der Waals surface area contributed by atoms with E-state index in [2.05, 4.69) is 4.74 Å². The quantitative estimate of drug-likeness (QED) is 0.569. The number of amides is 2. The maximum atomic E-state index is 12.2. The molecule has 4 unspecified atom stereocenters. The SMILES string of the molecule is CCOC(=O)NC(=O)c1cn(C2OC3COC(C)(C)OC3C2O)c(=O)[nH]c1=O. The number of aromatic nitrogens is 2. The number of ether oxygens (including phenoxy) is 4. The zero-order valence-electron chi connectivity index (χ0n) is 15.5.